The lowest BCUT2D eigenvalue weighted by Crippen LogP contribution is -2.26. The number of unbranched alkanes of at least 4 members (excludes halogenated alkanes) is 8. The Morgan fingerprint density at radius 1 is 0.438 bits per heavy atom. The Morgan fingerprint density at radius 2 is 0.766 bits per heavy atom. The van der Waals surface area contributed by atoms with Gasteiger partial charge < -0.3 is 0 Å². The van der Waals surface area contributed by atoms with Gasteiger partial charge in [0.2, 0.25) is 0 Å². The van der Waals surface area contributed by atoms with Crippen LogP contribution in [0.1, 0.15) is 283 Å². The minimum atomic E-state index is -3.24. The summed E-state index contributed by atoms with van der Waals surface area (Å²) in [6.07, 6.45) is 35.3. The van der Waals surface area contributed by atoms with Crippen molar-refractivity contribution in [3.8, 4) is 0 Å². The van der Waals surface area contributed by atoms with Gasteiger partial charge in [-0.2, -0.15) is 0 Å². The Hall–Kier alpha value is -2.17. The lowest BCUT2D eigenvalue weighted by Gasteiger charge is -2.38. The average Bonchev–Trinajstić information content (AvgIpc) is 3.31. The largest absolute Gasteiger partial charge is 0.289 e. The van der Waals surface area contributed by atoms with Crippen molar-refractivity contribution in [2.45, 2.75) is 257 Å². The highest BCUT2D eigenvalue weighted by molar-refractivity contribution is 6.11. The number of alkyl halides is 4. The van der Waals surface area contributed by atoms with Crippen molar-refractivity contribution in [2.24, 2.45) is 35.5 Å². The normalized spacial score (nSPS) is 27.1. The molecule has 0 unspecified atom stereocenters. The SMILES string of the molecule is CCCCCCCC1CCC(C2CCC(c3ccc(C(=O)c4ccc(C5CCC(C6CCC(CCCCCCC)CC6)CC5)cc4C(F)(F)CCC)c(C(F)(F)CCC)c3)CC2)CC1. The summed E-state index contributed by atoms with van der Waals surface area (Å²) in [5.41, 5.74) is 0.958. The Labute approximate surface area is 388 Å². The third-order valence-corrected chi connectivity index (χ3v) is 17.5. The van der Waals surface area contributed by atoms with Gasteiger partial charge in [0, 0.05) is 35.1 Å². The minimum Gasteiger partial charge on any atom is -0.289 e. The fourth-order valence-corrected chi connectivity index (χ4v) is 13.5. The summed E-state index contributed by atoms with van der Waals surface area (Å²) in [6, 6.07) is 10.0. The van der Waals surface area contributed by atoms with Crippen LogP contribution >= 0.6 is 0 Å². The van der Waals surface area contributed by atoms with Crippen LogP contribution in [0, 0.1) is 35.5 Å². The van der Waals surface area contributed by atoms with Crippen LogP contribution in [0.3, 0.4) is 0 Å². The predicted octanol–water partition coefficient (Wildman–Crippen LogP) is 19.6. The molecule has 0 atom stereocenters. The van der Waals surface area contributed by atoms with Crippen LogP contribution in [-0.4, -0.2) is 5.78 Å². The van der Waals surface area contributed by atoms with E-state index < -0.39 is 17.6 Å². The lowest BCUT2D eigenvalue weighted by atomic mass is 9.67. The van der Waals surface area contributed by atoms with E-state index in [1.165, 1.54) is 128 Å². The Kier molecular flexibility index (Phi) is 20.2. The number of benzene rings is 2. The van der Waals surface area contributed by atoms with E-state index in [1.807, 2.05) is 12.1 Å². The number of hydrogen-bond donors (Lipinski definition) is 0. The first-order valence-corrected chi connectivity index (χ1v) is 27.6. The molecule has 0 amide bonds. The molecule has 64 heavy (non-hydrogen) atoms. The zero-order chi connectivity index (χ0) is 45.5. The van der Waals surface area contributed by atoms with Crippen molar-refractivity contribution in [1.82, 2.24) is 0 Å². The molecule has 0 bridgehead atoms. The van der Waals surface area contributed by atoms with Crippen LogP contribution in [0.15, 0.2) is 36.4 Å². The van der Waals surface area contributed by atoms with E-state index in [9.17, 15) is 4.79 Å². The summed E-state index contributed by atoms with van der Waals surface area (Å²) in [5, 5.41) is 0. The van der Waals surface area contributed by atoms with Crippen molar-refractivity contribution in [3.05, 3.63) is 69.8 Å². The Balaban J connectivity index is 1.10. The fourth-order valence-electron chi connectivity index (χ4n) is 13.5. The van der Waals surface area contributed by atoms with Gasteiger partial charge in [-0.3, -0.25) is 4.79 Å². The van der Waals surface area contributed by atoms with Gasteiger partial charge in [-0.15, -0.1) is 0 Å². The van der Waals surface area contributed by atoms with Crippen LogP contribution in [0.5, 0.6) is 0 Å². The van der Waals surface area contributed by atoms with E-state index in [1.54, 1.807) is 38.1 Å². The van der Waals surface area contributed by atoms with Crippen LogP contribution < -0.4 is 0 Å². The van der Waals surface area contributed by atoms with E-state index in [-0.39, 0.29) is 59.8 Å². The van der Waals surface area contributed by atoms with Gasteiger partial charge in [0.05, 0.1) is 0 Å². The third kappa shape index (κ3) is 14.0. The first kappa shape index (κ1) is 51.2. The second-order valence-corrected chi connectivity index (χ2v) is 22.0. The maximum absolute atomic E-state index is 16.2. The van der Waals surface area contributed by atoms with E-state index in [4.69, 9.17) is 0 Å². The minimum absolute atomic E-state index is 0.119. The van der Waals surface area contributed by atoms with E-state index in [2.05, 4.69) is 13.8 Å². The van der Waals surface area contributed by atoms with Crippen molar-refractivity contribution in [1.29, 1.82) is 0 Å². The highest BCUT2D eigenvalue weighted by Crippen LogP contribution is 2.49. The van der Waals surface area contributed by atoms with E-state index in [0.717, 1.165) is 86.2 Å². The zero-order valence-electron chi connectivity index (χ0n) is 41.1. The molecule has 6 rings (SSSR count). The summed E-state index contributed by atoms with van der Waals surface area (Å²) < 4.78 is 65.0. The maximum atomic E-state index is 16.2. The number of carbonyl (C=O) groups excluding carboxylic acids is 1. The molecular weight excluding hydrogens is 801 g/mol. The second-order valence-electron chi connectivity index (χ2n) is 22.0. The highest BCUT2D eigenvalue weighted by atomic mass is 19.3. The molecule has 0 heterocycles. The molecule has 0 radical (unpaired) electrons. The Bertz CT molecular complexity index is 1540. The van der Waals surface area contributed by atoms with Gasteiger partial charge >= 0.3 is 0 Å². The first-order valence-electron chi connectivity index (χ1n) is 27.6. The molecule has 0 spiro atoms. The number of hydrogen-bond acceptors (Lipinski definition) is 1. The Morgan fingerprint density at radius 3 is 1.09 bits per heavy atom. The monoisotopic (exact) mass is 891 g/mol. The fraction of sp³-hybridized carbons (Fsp3) is 0.780. The van der Waals surface area contributed by atoms with E-state index in [0.29, 0.717) is 11.8 Å². The molecule has 4 saturated carbocycles. The summed E-state index contributed by atoms with van der Waals surface area (Å²) >= 11 is 0. The number of ketones is 1. The van der Waals surface area contributed by atoms with Crippen LogP contribution in [-0.2, 0) is 11.8 Å². The van der Waals surface area contributed by atoms with E-state index >= 15 is 17.6 Å². The lowest BCUT2D eigenvalue weighted by molar-refractivity contribution is -0.0152. The molecule has 0 aromatic heterocycles. The molecule has 0 N–H and O–H groups in total. The van der Waals surface area contributed by atoms with Gasteiger partial charge in [-0.1, -0.05) is 168 Å². The van der Waals surface area contributed by atoms with Crippen molar-refractivity contribution < 1.29 is 22.4 Å². The highest BCUT2D eigenvalue weighted by Gasteiger charge is 2.41. The summed E-state index contributed by atoms with van der Waals surface area (Å²) in [4.78, 5) is 14.6. The topological polar surface area (TPSA) is 17.1 Å². The van der Waals surface area contributed by atoms with Crippen molar-refractivity contribution in [3.63, 3.8) is 0 Å². The van der Waals surface area contributed by atoms with Crippen LogP contribution in [0.2, 0.25) is 0 Å². The van der Waals surface area contributed by atoms with Gasteiger partial charge in [0.25, 0.3) is 11.8 Å². The summed E-state index contributed by atoms with van der Waals surface area (Å²) in [5.74, 6) is -2.04. The van der Waals surface area contributed by atoms with Gasteiger partial charge in [0.1, 0.15) is 0 Å². The molecule has 0 saturated heterocycles. The second kappa shape index (κ2) is 25.3. The third-order valence-electron chi connectivity index (χ3n) is 17.5. The van der Waals surface area contributed by atoms with Crippen LogP contribution in [0.4, 0.5) is 17.6 Å². The summed E-state index contributed by atoms with van der Waals surface area (Å²) in [7, 11) is 0. The van der Waals surface area contributed by atoms with Gasteiger partial charge in [-0.05, 0) is 148 Å². The molecule has 4 aliphatic rings. The number of rotatable bonds is 24. The quantitative estimate of drug-likeness (QED) is 0.0583. The molecule has 4 fully saturated rings. The molecule has 2 aromatic rings. The summed E-state index contributed by atoms with van der Waals surface area (Å²) in [6.45, 7) is 8.02. The van der Waals surface area contributed by atoms with Gasteiger partial charge in [0.15, 0.2) is 5.78 Å². The predicted molar refractivity (Wildman–Crippen MR) is 261 cm³/mol. The smallest absolute Gasteiger partial charge is 0.273 e. The molecule has 360 valence electrons. The molecule has 2 aromatic carbocycles. The molecular formula is C59H90F4O. The van der Waals surface area contributed by atoms with Crippen molar-refractivity contribution >= 4 is 5.78 Å². The molecule has 5 heteroatoms. The number of carbonyl (C=O) groups is 1. The van der Waals surface area contributed by atoms with Crippen molar-refractivity contribution in [2.75, 3.05) is 0 Å². The van der Waals surface area contributed by atoms with Gasteiger partial charge in [-0.25, -0.2) is 17.6 Å². The van der Waals surface area contributed by atoms with Crippen LogP contribution in [0.25, 0.3) is 0 Å². The molecule has 0 aliphatic heterocycles. The zero-order valence-corrected chi connectivity index (χ0v) is 41.1. The molecule has 1 nitrogen and oxygen atoms in total. The first-order chi connectivity index (χ1) is 31.0. The standard InChI is InChI=1S/C59H90F4O/c1-5-9-11-13-15-17-43-19-23-45(24-20-43)47-27-31-49(32-28-47)51-35-37-53(55(41-51)58(60,61)39-7-3)57(64)54-38-36-52(42-56(54)59(62,63)40-8-4)50-33-29-48(30-34-50)46-25-21-44(22-26-46)18-16-14-12-10-6-2/h35-38,41-50H,5-34,39-40H2,1-4H3. The maximum Gasteiger partial charge on any atom is 0.273 e. The molecule has 4 aliphatic carbocycles. The average molecular weight is 891 g/mol. The number of halogens is 4.